The molecule has 1 rings (SSSR count). The highest BCUT2D eigenvalue weighted by molar-refractivity contribution is 7.99. The number of rotatable bonds is 6. The maximum absolute atomic E-state index is 11.5. The summed E-state index contributed by atoms with van der Waals surface area (Å²) in [5.74, 6) is 1.06. The first-order valence-electron chi connectivity index (χ1n) is 5.49. The minimum absolute atomic E-state index is 0.0316. The van der Waals surface area contributed by atoms with Crippen LogP contribution < -0.4 is 11.1 Å². The smallest absolute Gasteiger partial charge is 0.224 e. The third-order valence-electron chi connectivity index (χ3n) is 2.04. The van der Waals surface area contributed by atoms with Gasteiger partial charge in [-0.05, 0) is 36.9 Å². The first-order chi connectivity index (χ1) is 7.76. The van der Waals surface area contributed by atoms with E-state index < -0.39 is 0 Å². The molecule has 1 amide bonds. The van der Waals surface area contributed by atoms with E-state index in [1.165, 1.54) is 4.90 Å². The van der Waals surface area contributed by atoms with Gasteiger partial charge in [0.25, 0.3) is 0 Å². The van der Waals surface area contributed by atoms with Crippen molar-refractivity contribution in [2.75, 3.05) is 17.6 Å². The van der Waals surface area contributed by atoms with E-state index in [2.05, 4.69) is 12.2 Å². The van der Waals surface area contributed by atoms with Gasteiger partial charge in [-0.15, -0.1) is 11.8 Å². The molecule has 1 aromatic carbocycles. The zero-order valence-electron chi connectivity index (χ0n) is 9.53. The number of nitrogens with one attached hydrogen (secondary N) is 1. The number of hydrogen-bond acceptors (Lipinski definition) is 3. The van der Waals surface area contributed by atoms with Crippen molar-refractivity contribution in [3.63, 3.8) is 0 Å². The maximum Gasteiger partial charge on any atom is 0.224 e. The van der Waals surface area contributed by atoms with Gasteiger partial charge in [-0.2, -0.15) is 0 Å². The third kappa shape index (κ3) is 4.68. The molecule has 0 fully saturated rings. The Hall–Kier alpha value is -1.00. The number of carbonyl (C=O) groups is 1. The minimum atomic E-state index is 0.0316. The van der Waals surface area contributed by atoms with Crippen LogP contribution in [0.3, 0.4) is 0 Å². The zero-order valence-corrected chi connectivity index (χ0v) is 10.3. The fourth-order valence-electron chi connectivity index (χ4n) is 1.32. The minimum Gasteiger partial charge on any atom is -0.330 e. The van der Waals surface area contributed by atoms with Crippen molar-refractivity contribution in [1.29, 1.82) is 0 Å². The van der Waals surface area contributed by atoms with Gasteiger partial charge in [0.05, 0.1) is 0 Å². The molecule has 0 saturated heterocycles. The second-order valence-electron chi connectivity index (χ2n) is 3.40. The molecule has 0 atom stereocenters. The lowest BCUT2D eigenvalue weighted by molar-refractivity contribution is -0.116. The summed E-state index contributed by atoms with van der Waals surface area (Å²) in [7, 11) is 0. The molecule has 0 aromatic heterocycles. The summed E-state index contributed by atoms with van der Waals surface area (Å²) < 4.78 is 0. The van der Waals surface area contributed by atoms with Crippen molar-refractivity contribution in [2.24, 2.45) is 5.73 Å². The molecule has 0 bridgehead atoms. The normalized spacial score (nSPS) is 10.1. The number of carbonyl (C=O) groups excluding carboxylic acids is 1. The summed E-state index contributed by atoms with van der Waals surface area (Å²) in [6, 6.07) is 7.90. The van der Waals surface area contributed by atoms with Crippen molar-refractivity contribution in [3.05, 3.63) is 24.3 Å². The monoisotopic (exact) mass is 238 g/mol. The Balaban J connectivity index is 2.52. The molecule has 0 saturated carbocycles. The SMILES string of the molecule is CCSc1cccc(NC(=O)CCCN)c1. The standard InChI is InChI=1S/C12H18N2OS/c1-2-16-11-6-3-5-10(9-11)14-12(15)7-4-8-13/h3,5-6,9H,2,4,7-8,13H2,1H3,(H,14,15). The van der Waals surface area contributed by atoms with Gasteiger partial charge < -0.3 is 11.1 Å². The topological polar surface area (TPSA) is 55.1 Å². The molecule has 4 heteroatoms. The highest BCUT2D eigenvalue weighted by atomic mass is 32.2. The molecule has 0 spiro atoms. The maximum atomic E-state index is 11.5. The van der Waals surface area contributed by atoms with Crippen molar-refractivity contribution in [3.8, 4) is 0 Å². The van der Waals surface area contributed by atoms with Gasteiger partial charge in [-0.1, -0.05) is 13.0 Å². The molecule has 3 nitrogen and oxygen atoms in total. The molecule has 0 unspecified atom stereocenters. The largest absolute Gasteiger partial charge is 0.330 e. The summed E-state index contributed by atoms with van der Waals surface area (Å²) in [6.07, 6.45) is 1.22. The van der Waals surface area contributed by atoms with Gasteiger partial charge in [0, 0.05) is 17.0 Å². The van der Waals surface area contributed by atoms with Crippen LogP contribution in [0.4, 0.5) is 5.69 Å². The lowest BCUT2D eigenvalue weighted by Crippen LogP contribution is -2.13. The van der Waals surface area contributed by atoms with E-state index in [0.717, 1.165) is 17.9 Å². The van der Waals surface area contributed by atoms with E-state index >= 15 is 0 Å². The number of amides is 1. The molecule has 1 aromatic rings. The van der Waals surface area contributed by atoms with Crippen molar-refractivity contribution >= 4 is 23.4 Å². The fraction of sp³-hybridized carbons (Fsp3) is 0.417. The second-order valence-corrected chi connectivity index (χ2v) is 4.74. The van der Waals surface area contributed by atoms with Crippen molar-refractivity contribution in [2.45, 2.75) is 24.7 Å². The van der Waals surface area contributed by atoms with E-state index in [1.54, 1.807) is 11.8 Å². The number of benzene rings is 1. The number of thioether (sulfide) groups is 1. The highest BCUT2D eigenvalue weighted by Crippen LogP contribution is 2.21. The zero-order chi connectivity index (χ0) is 11.8. The van der Waals surface area contributed by atoms with Crippen LogP contribution in [0.25, 0.3) is 0 Å². The first kappa shape index (κ1) is 13.1. The summed E-state index contributed by atoms with van der Waals surface area (Å²) in [4.78, 5) is 12.6. The Morgan fingerprint density at radius 2 is 2.31 bits per heavy atom. The third-order valence-corrected chi connectivity index (χ3v) is 2.91. The summed E-state index contributed by atoms with van der Waals surface area (Å²) in [5.41, 5.74) is 6.21. The van der Waals surface area contributed by atoms with Crippen LogP contribution >= 0.6 is 11.8 Å². The van der Waals surface area contributed by atoms with Gasteiger partial charge in [-0.3, -0.25) is 4.79 Å². The predicted octanol–water partition coefficient (Wildman–Crippen LogP) is 2.48. The van der Waals surface area contributed by atoms with E-state index in [4.69, 9.17) is 5.73 Å². The van der Waals surface area contributed by atoms with Gasteiger partial charge in [0.15, 0.2) is 0 Å². The van der Waals surface area contributed by atoms with Gasteiger partial charge in [0.1, 0.15) is 0 Å². The van der Waals surface area contributed by atoms with Crippen molar-refractivity contribution < 1.29 is 4.79 Å². The Labute approximate surface area is 101 Å². The van der Waals surface area contributed by atoms with Crippen molar-refractivity contribution in [1.82, 2.24) is 0 Å². The average molecular weight is 238 g/mol. The molecule has 16 heavy (non-hydrogen) atoms. The Kier molecular flexibility index (Phi) is 5.96. The average Bonchev–Trinajstić information content (AvgIpc) is 2.27. The second kappa shape index (κ2) is 7.30. The predicted molar refractivity (Wildman–Crippen MR) is 69.8 cm³/mol. The molecule has 0 aliphatic rings. The molecule has 0 aliphatic carbocycles. The summed E-state index contributed by atoms with van der Waals surface area (Å²) in [5, 5.41) is 2.87. The molecular weight excluding hydrogens is 220 g/mol. The number of hydrogen-bond donors (Lipinski definition) is 2. The van der Waals surface area contributed by atoms with E-state index in [-0.39, 0.29) is 5.91 Å². The molecule has 0 heterocycles. The van der Waals surface area contributed by atoms with Gasteiger partial charge in [-0.25, -0.2) is 0 Å². The quantitative estimate of drug-likeness (QED) is 0.749. The van der Waals surface area contributed by atoms with Crippen LogP contribution in [-0.4, -0.2) is 18.2 Å². The molecule has 0 aliphatic heterocycles. The van der Waals surface area contributed by atoms with Crippen LogP contribution in [0.5, 0.6) is 0 Å². The van der Waals surface area contributed by atoms with Crippen LogP contribution in [0.15, 0.2) is 29.2 Å². The number of nitrogens with two attached hydrogens (primary N) is 1. The lowest BCUT2D eigenvalue weighted by Gasteiger charge is -2.06. The van der Waals surface area contributed by atoms with Crippen LogP contribution in [0, 0.1) is 0 Å². The highest BCUT2D eigenvalue weighted by Gasteiger charge is 2.02. The Bertz CT molecular complexity index is 342. The molecule has 0 radical (unpaired) electrons. The van der Waals surface area contributed by atoms with Gasteiger partial charge >= 0.3 is 0 Å². The van der Waals surface area contributed by atoms with E-state index in [9.17, 15) is 4.79 Å². The first-order valence-corrected chi connectivity index (χ1v) is 6.47. The Morgan fingerprint density at radius 3 is 3.00 bits per heavy atom. The molecule has 3 N–H and O–H groups in total. The fourth-order valence-corrected chi connectivity index (χ4v) is 2.03. The summed E-state index contributed by atoms with van der Waals surface area (Å²) >= 11 is 1.76. The lowest BCUT2D eigenvalue weighted by atomic mass is 10.2. The molecular formula is C12H18N2OS. The number of anilines is 1. The summed E-state index contributed by atoms with van der Waals surface area (Å²) in [6.45, 7) is 2.66. The van der Waals surface area contributed by atoms with Crippen LogP contribution in [0.1, 0.15) is 19.8 Å². The van der Waals surface area contributed by atoms with Crippen LogP contribution in [-0.2, 0) is 4.79 Å². The van der Waals surface area contributed by atoms with E-state index in [0.29, 0.717) is 13.0 Å². The van der Waals surface area contributed by atoms with Crippen LogP contribution in [0.2, 0.25) is 0 Å². The molecule has 88 valence electrons. The van der Waals surface area contributed by atoms with E-state index in [1.807, 2.05) is 24.3 Å². The van der Waals surface area contributed by atoms with Gasteiger partial charge in [0.2, 0.25) is 5.91 Å². The Morgan fingerprint density at radius 1 is 1.50 bits per heavy atom.